The van der Waals surface area contributed by atoms with Crippen molar-refractivity contribution < 1.29 is 23.8 Å². The second-order valence-corrected chi connectivity index (χ2v) is 4.68. The van der Waals surface area contributed by atoms with Gasteiger partial charge in [-0.15, -0.1) is 0 Å². The lowest BCUT2D eigenvalue weighted by Gasteiger charge is -2.32. The second-order valence-electron chi connectivity index (χ2n) is 4.68. The Labute approximate surface area is 118 Å². The molecule has 1 aliphatic rings. The summed E-state index contributed by atoms with van der Waals surface area (Å²) in [7, 11) is 0. The Morgan fingerprint density at radius 3 is 3.05 bits per heavy atom. The predicted octanol–water partition coefficient (Wildman–Crippen LogP) is 0.628. The lowest BCUT2D eigenvalue weighted by atomic mass is 10.1. The van der Waals surface area contributed by atoms with Crippen LogP contribution in [0.1, 0.15) is 10.4 Å². The van der Waals surface area contributed by atoms with Crippen molar-refractivity contribution in [3.63, 3.8) is 0 Å². The number of carboxylic acid groups (broad SMARTS) is 1. The van der Waals surface area contributed by atoms with E-state index in [1.54, 1.807) is 0 Å². The Bertz CT molecular complexity index is 715. The first kappa shape index (κ1) is 13.5. The molecule has 1 amide bonds. The van der Waals surface area contributed by atoms with E-state index in [4.69, 9.17) is 9.84 Å². The van der Waals surface area contributed by atoms with E-state index < -0.39 is 23.7 Å². The third-order valence-corrected chi connectivity index (χ3v) is 3.39. The lowest BCUT2D eigenvalue weighted by Crippen LogP contribution is -2.52. The first-order valence-electron chi connectivity index (χ1n) is 6.32. The second kappa shape index (κ2) is 5.13. The van der Waals surface area contributed by atoms with Gasteiger partial charge in [-0.2, -0.15) is 0 Å². The monoisotopic (exact) mass is 293 g/mol. The number of fused-ring (bicyclic) bond motifs is 1. The zero-order chi connectivity index (χ0) is 15.0. The molecule has 0 unspecified atom stereocenters. The van der Waals surface area contributed by atoms with Gasteiger partial charge in [0.15, 0.2) is 6.04 Å². The summed E-state index contributed by atoms with van der Waals surface area (Å²) >= 11 is 0. The quantitative estimate of drug-likeness (QED) is 0.846. The summed E-state index contributed by atoms with van der Waals surface area (Å²) in [6.07, 6.45) is 1.36. The molecule has 110 valence electrons. The van der Waals surface area contributed by atoms with E-state index >= 15 is 0 Å². The highest BCUT2D eigenvalue weighted by Crippen LogP contribution is 2.21. The molecule has 1 saturated heterocycles. The Morgan fingerprint density at radius 2 is 2.29 bits per heavy atom. The van der Waals surface area contributed by atoms with Gasteiger partial charge >= 0.3 is 5.97 Å². The van der Waals surface area contributed by atoms with E-state index in [0.717, 1.165) is 6.07 Å². The number of halogens is 1. The van der Waals surface area contributed by atoms with Crippen molar-refractivity contribution in [1.29, 1.82) is 0 Å². The molecule has 21 heavy (non-hydrogen) atoms. The fourth-order valence-corrected chi connectivity index (χ4v) is 2.38. The van der Waals surface area contributed by atoms with E-state index in [-0.39, 0.29) is 25.3 Å². The number of hydrogen-bond donors (Lipinski definition) is 2. The third kappa shape index (κ3) is 2.33. The van der Waals surface area contributed by atoms with Crippen LogP contribution in [0.2, 0.25) is 0 Å². The highest BCUT2D eigenvalue weighted by Gasteiger charge is 2.34. The fraction of sp³-hybridized carbons (Fsp3) is 0.308. The number of H-pyrrole nitrogens is 1. The minimum Gasteiger partial charge on any atom is -0.480 e. The lowest BCUT2D eigenvalue weighted by molar-refractivity contribution is -0.147. The topological polar surface area (TPSA) is 95.5 Å². The number of carbonyl (C=O) groups is 2. The zero-order valence-electron chi connectivity index (χ0n) is 10.9. The van der Waals surface area contributed by atoms with Crippen molar-refractivity contribution in [3.8, 4) is 0 Å². The van der Waals surface area contributed by atoms with Gasteiger partial charge in [0.1, 0.15) is 11.3 Å². The molecule has 0 radical (unpaired) electrons. The summed E-state index contributed by atoms with van der Waals surface area (Å²) in [6.45, 7) is 0.298. The number of aliphatic carboxylic acids is 1. The number of hydrogen-bond acceptors (Lipinski definition) is 4. The Kier molecular flexibility index (Phi) is 3.30. The van der Waals surface area contributed by atoms with Gasteiger partial charge in [-0.1, -0.05) is 0 Å². The highest BCUT2D eigenvalue weighted by molar-refractivity contribution is 6.06. The van der Waals surface area contributed by atoms with Crippen molar-refractivity contribution in [1.82, 2.24) is 14.9 Å². The number of amides is 1. The number of carbonyl (C=O) groups excluding carboxylic acids is 1. The average Bonchev–Trinajstić information content (AvgIpc) is 2.93. The molecule has 0 spiro atoms. The van der Waals surface area contributed by atoms with E-state index in [1.807, 2.05) is 0 Å². The largest absolute Gasteiger partial charge is 0.480 e. The molecule has 2 heterocycles. The van der Waals surface area contributed by atoms with Crippen LogP contribution in [-0.2, 0) is 9.53 Å². The van der Waals surface area contributed by atoms with E-state index in [0.29, 0.717) is 11.0 Å². The van der Waals surface area contributed by atoms with Gasteiger partial charge in [0.2, 0.25) is 0 Å². The molecular formula is C13H12FN3O4. The highest BCUT2D eigenvalue weighted by atomic mass is 19.1. The first-order chi connectivity index (χ1) is 10.1. The number of nitrogens with one attached hydrogen (secondary N) is 1. The molecule has 1 aliphatic heterocycles. The van der Waals surface area contributed by atoms with Crippen LogP contribution in [0.3, 0.4) is 0 Å². The van der Waals surface area contributed by atoms with Crippen LogP contribution < -0.4 is 0 Å². The molecule has 8 heteroatoms. The molecule has 1 fully saturated rings. The number of imidazole rings is 1. The minimum absolute atomic E-state index is 0.0411. The number of rotatable bonds is 2. The molecule has 0 bridgehead atoms. The van der Waals surface area contributed by atoms with Gasteiger partial charge in [0, 0.05) is 6.54 Å². The minimum atomic E-state index is -1.15. The number of nitrogens with zero attached hydrogens (tertiary/aromatic N) is 2. The molecule has 1 atom stereocenters. The Hall–Kier alpha value is -2.48. The van der Waals surface area contributed by atoms with Crippen molar-refractivity contribution in [2.75, 3.05) is 19.8 Å². The van der Waals surface area contributed by atoms with Crippen LogP contribution in [0, 0.1) is 5.82 Å². The molecule has 0 aliphatic carbocycles. The molecule has 0 saturated carbocycles. The van der Waals surface area contributed by atoms with Gasteiger partial charge in [-0.3, -0.25) is 4.79 Å². The summed E-state index contributed by atoms with van der Waals surface area (Å²) in [5.41, 5.74) is 0.745. The van der Waals surface area contributed by atoms with Crippen molar-refractivity contribution in [2.45, 2.75) is 6.04 Å². The van der Waals surface area contributed by atoms with Crippen LogP contribution >= 0.6 is 0 Å². The molecule has 1 aromatic carbocycles. The van der Waals surface area contributed by atoms with Crippen LogP contribution in [0.4, 0.5) is 4.39 Å². The number of morpholine rings is 1. The van der Waals surface area contributed by atoms with Gasteiger partial charge in [0.25, 0.3) is 5.91 Å². The third-order valence-electron chi connectivity index (χ3n) is 3.39. The summed E-state index contributed by atoms with van der Waals surface area (Å²) < 4.78 is 18.7. The van der Waals surface area contributed by atoms with Gasteiger partial charge in [0.05, 0.1) is 30.6 Å². The summed E-state index contributed by atoms with van der Waals surface area (Å²) in [4.78, 5) is 31.7. The van der Waals surface area contributed by atoms with E-state index in [2.05, 4.69) is 9.97 Å². The fourth-order valence-electron chi connectivity index (χ4n) is 2.38. The van der Waals surface area contributed by atoms with Gasteiger partial charge in [-0.05, 0) is 12.1 Å². The standard InChI is InChI=1S/C13H12FN3O4/c14-7-3-8(11-9(4-7)15-6-16-11)12(18)17-1-2-21-5-10(17)13(19)20/h3-4,6,10H,1-2,5H2,(H,15,16)(H,19,20)/t10-/m1/s1. The molecule has 2 N–H and O–H groups in total. The zero-order valence-corrected chi connectivity index (χ0v) is 10.9. The van der Waals surface area contributed by atoms with Crippen molar-refractivity contribution in [2.24, 2.45) is 0 Å². The number of ether oxygens (including phenoxy) is 1. The average molecular weight is 293 g/mol. The normalized spacial score (nSPS) is 18.9. The van der Waals surface area contributed by atoms with E-state index in [9.17, 15) is 14.0 Å². The Morgan fingerprint density at radius 1 is 1.48 bits per heavy atom. The summed E-state index contributed by atoms with van der Waals surface area (Å²) in [6, 6.07) is 1.22. The number of benzene rings is 1. The van der Waals surface area contributed by atoms with Gasteiger partial charge in [-0.25, -0.2) is 14.2 Å². The first-order valence-corrected chi connectivity index (χ1v) is 6.32. The van der Waals surface area contributed by atoms with Crippen LogP contribution in [0.15, 0.2) is 18.5 Å². The molecule has 3 rings (SSSR count). The van der Waals surface area contributed by atoms with Crippen LogP contribution in [0.25, 0.3) is 11.0 Å². The van der Waals surface area contributed by atoms with Crippen molar-refractivity contribution >= 4 is 22.9 Å². The van der Waals surface area contributed by atoms with Crippen LogP contribution in [-0.4, -0.2) is 57.7 Å². The molecular weight excluding hydrogens is 281 g/mol. The molecule has 2 aromatic rings. The van der Waals surface area contributed by atoms with Crippen molar-refractivity contribution in [3.05, 3.63) is 29.8 Å². The number of aromatic nitrogens is 2. The maximum atomic E-state index is 13.6. The van der Waals surface area contributed by atoms with Gasteiger partial charge < -0.3 is 19.7 Å². The molecule has 1 aromatic heterocycles. The SMILES string of the molecule is O=C(O)[C@H]1COCCN1C(=O)c1cc(F)cc2[nH]cnc12. The Balaban J connectivity index is 2.03. The smallest absolute Gasteiger partial charge is 0.328 e. The maximum Gasteiger partial charge on any atom is 0.328 e. The van der Waals surface area contributed by atoms with Crippen LogP contribution in [0.5, 0.6) is 0 Å². The predicted molar refractivity (Wildman–Crippen MR) is 69.3 cm³/mol. The van der Waals surface area contributed by atoms with E-state index in [1.165, 1.54) is 17.3 Å². The summed E-state index contributed by atoms with van der Waals surface area (Å²) in [5.74, 6) is -2.31. The molecule has 7 nitrogen and oxygen atoms in total. The number of aromatic amines is 1. The summed E-state index contributed by atoms with van der Waals surface area (Å²) in [5, 5.41) is 9.16. The maximum absolute atomic E-state index is 13.6. The number of carboxylic acids is 1.